The van der Waals surface area contributed by atoms with Crippen LogP contribution in [0.5, 0.6) is 0 Å². The summed E-state index contributed by atoms with van der Waals surface area (Å²) < 4.78 is 0. The number of thioether (sulfide) groups is 1. The molecule has 5 nitrogen and oxygen atoms in total. The van der Waals surface area contributed by atoms with Gasteiger partial charge in [-0.05, 0) is 85.0 Å². The Labute approximate surface area is 217 Å². The van der Waals surface area contributed by atoms with Crippen molar-refractivity contribution in [1.82, 2.24) is 10.6 Å². The maximum Gasteiger partial charge on any atom is 0.286 e. The number of carbonyl (C=O) groups excluding carboxylic acids is 3. The highest BCUT2D eigenvalue weighted by Gasteiger charge is 2.31. The Bertz CT molecular complexity index is 1210. The predicted octanol–water partition coefficient (Wildman–Crippen LogP) is 5.31. The fourth-order valence-corrected chi connectivity index (χ4v) is 5.85. The van der Waals surface area contributed by atoms with Crippen molar-refractivity contribution in [2.75, 3.05) is 6.54 Å². The lowest BCUT2D eigenvalue weighted by molar-refractivity contribution is -0.121. The van der Waals surface area contributed by atoms with Gasteiger partial charge in [-0.3, -0.25) is 19.7 Å². The highest BCUT2D eigenvalue weighted by Crippen LogP contribution is 2.34. The minimum Gasteiger partial charge on any atom is -0.355 e. The van der Waals surface area contributed by atoms with Crippen LogP contribution in [0.4, 0.5) is 4.79 Å². The molecule has 3 aromatic rings. The van der Waals surface area contributed by atoms with Crippen LogP contribution in [0.25, 0.3) is 0 Å². The van der Waals surface area contributed by atoms with E-state index in [4.69, 9.17) is 0 Å². The van der Waals surface area contributed by atoms with Crippen LogP contribution in [0.3, 0.4) is 0 Å². The summed E-state index contributed by atoms with van der Waals surface area (Å²) in [6.45, 7) is 8.81. The minimum atomic E-state index is -0.368. The van der Waals surface area contributed by atoms with Gasteiger partial charge in [-0.15, -0.1) is 0 Å². The number of hydrogen-bond donors (Lipinski definition) is 2. The van der Waals surface area contributed by atoms with E-state index >= 15 is 0 Å². The fraction of sp³-hybridized carbons (Fsp3) is 0.300. The minimum absolute atomic E-state index is 0.00959. The van der Waals surface area contributed by atoms with Crippen molar-refractivity contribution >= 4 is 28.8 Å². The second kappa shape index (κ2) is 11.1. The summed E-state index contributed by atoms with van der Waals surface area (Å²) >= 11 is 1.05. The molecule has 4 rings (SSSR count). The van der Waals surface area contributed by atoms with Gasteiger partial charge in [0.25, 0.3) is 5.24 Å². The number of benzene rings is 3. The Morgan fingerprint density at radius 1 is 0.833 bits per heavy atom. The van der Waals surface area contributed by atoms with Gasteiger partial charge in [0, 0.05) is 6.54 Å². The molecule has 186 valence electrons. The van der Waals surface area contributed by atoms with Crippen LogP contribution in [0.1, 0.15) is 50.4 Å². The third kappa shape index (κ3) is 5.71. The number of amides is 3. The Balaban J connectivity index is 1.45. The molecule has 2 N–H and O–H groups in total. The van der Waals surface area contributed by atoms with Gasteiger partial charge in [0.05, 0.1) is 11.2 Å². The van der Waals surface area contributed by atoms with Crippen molar-refractivity contribution in [1.29, 1.82) is 0 Å². The van der Waals surface area contributed by atoms with Gasteiger partial charge in [0.2, 0.25) is 11.8 Å². The Morgan fingerprint density at radius 3 is 1.81 bits per heavy atom. The van der Waals surface area contributed by atoms with Gasteiger partial charge in [0.15, 0.2) is 0 Å². The van der Waals surface area contributed by atoms with Crippen LogP contribution in [0.2, 0.25) is 0 Å². The van der Waals surface area contributed by atoms with E-state index in [9.17, 15) is 14.4 Å². The molecule has 6 heteroatoms. The van der Waals surface area contributed by atoms with E-state index in [0.29, 0.717) is 19.4 Å². The van der Waals surface area contributed by atoms with Crippen LogP contribution in [0.15, 0.2) is 60.7 Å². The fourth-order valence-electron chi connectivity index (χ4n) is 4.99. The molecule has 0 aliphatic carbocycles. The molecular weight excluding hydrogens is 468 g/mol. The third-order valence-electron chi connectivity index (χ3n) is 6.85. The second-order valence-corrected chi connectivity index (χ2v) is 10.7. The molecule has 1 atom stereocenters. The van der Waals surface area contributed by atoms with Crippen molar-refractivity contribution < 1.29 is 14.4 Å². The number of nitrogens with one attached hydrogen (secondary N) is 2. The Kier molecular flexibility index (Phi) is 7.94. The molecule has 3 aromatic carbocycles. The van der Waals surface area contributed by atoms with E-state index in [2.05, 4.69) is 62.6 Å². The number of aryl methyl sites for hydroxylation is 4. The molecule has 3 amide bonds. The number of carbonyl (C=O) groups is 3. The lowest BCUT2D eigenvalue weighted by atomic mass is 9.81. The average molecular weight is 501 g/mol. The van der Waals surface area contributed by atoms with Gasteiger partial charge >= 0.3 is 0 Å². The van der Waals surface area contributed by atoms with Crippen molar-refractivity contribution in [2.45, 2.75) is 51.7 Å². The molecule has 0 spiro atoms. The quantitative estimate of drug-likeness (QED) is 0.440. The molecule has 1 saturated heterocycles. The van der Waals surface area contributed by atoms with E-state index in [1.165, 1.54) is 0 Å². The molecule has 1 fully saturated rings. The molecule has 1 aliphatic heterocycles. The van der Waals surface area contributed by atoms with E-state index < -0.39 is 0 Å². The number of hydrogen-bond acceptors (Lipinski definition) is 4. The summed E-state index contributed by atoms with van der Waals surface area (Å²) in [5.74, 6) is -0.581. The van der Waals surface area contributed by atoms with E-state index in [1.807, 2.05) is 36.4 Å². The van der Waals surface area contributed by atoms with Crippen LogP contribution in [0, 0.1) is 27.7 Å². The van der Waals surface area contributed by atoms with Crippen LogP contribution in [-0.2, 0) is 22.4 Å². The maximum absolute atomic E-state index is 13.7. The third-order valence-corrected chi connectivity index (χ3v) is 7.83. The SMILES string of the molecule is Cc1cccc(C)c1C(C(=O)NCCc1ccc(CC2SC(=O)NC2=O)cc1)c1c(C)cccc1C. The second-order valence-electron chi connectivity index (χ2n) is 9.49. The first-order valence-corrected chi connectivity index (χ1v) is 13.1. The van der Waals surface area contributed by atoms with Crippen molar-refractivity contribution in [3.63, 3.8) is 0 Å². The largest absolute Gasteiger partial charge is 0.355 e. The predicted molar refractivity (Wildman–Crippen MR) is 145 cm³/mol. The van der Waals surface area contributed by atoms with Gasteiger partial charge in [-0.1, -0.05) is 72.4 Å². The molecule has 1 unspecified atom stereocenters. The number of imide groups is 1. The lowest BCUT2D eigenvalue weighted by Crippen LogP contribution is -2.33. The molecule has 0 radical (unpaired) electrons. The summed E-state index contributed by atoms with van der Waals surface area (Å²) in [5.41, 5.74) is 8.72. The molecule has 1 heterocycles. The Morgan fingerprint density at radius 2 is 1.33 bits per heavy atom. The lowest BCUT2D eigenvalue weighted by Gasteiger charge is -2.25. The number of rotatable bonds is 8. The van der Waals surface area contributed by atoms with E-state index in [0.717, 1.165) is 56.3 Å². The monoisotopic (exact) mass is 500 g/mol. The molecule has 0 saturated carbocycles. The normalized spacial score (nSPS) is 15.3. The van der Waals surface area contributed by atoms with Gasteiger partial charge in [-0.2, -0.15) is 0 Å². The maximum atomic E-state index is 13.7. The van der Waals surface area contributed by atoms with Crippen LogP contribution < -0.4 is 10.6 Å². The Hall–Kier alpha value is -3.38. The molecule has 0 bridgehead atoms. The van der Waals surface area contributed by atoms with Gasteiger partial charge < -0.3 is 5.32 Å². The topological polar surface area (TPSA) is 75.3 Å². The smallest absolute Gasteiger partial charge is 0.286 e. The highest BCUT2D eigenvalue weighted by atomic mass is 32.2. The first kappa shape index (κ1) is 25.7. The van der Waals surface area contributed by atoms with Crippen molar-refractivity contribution in [3.8, 4) is 0 Å². The van der Waals surface area contributed by atoms with Gasteiger partial charge in [0.1, 0.15) is 0 Å². The van der Waals surface area contributed by atoms with Crippen molar-refractivity contribution in [3.05, 3.63) is 105 Å². The molecular formula is C30H32N2O3S. The van der Waals surface area contributed by atoms with Gasteiger partial charge in [-0.25, -0.2) is 0 Å². The van der Waals surface area contributed by atoms with E-state index in [1.54, 1.807) is 0 Å². The first-order chi connectivity index (χ1) is 17.2. The average Bonchev–Trinajstić information content (AvgIpc) is 3.15. The van der Waals surface area contributed by atoms with E-state index in [-0.39, 0.29) is 28.2 Å². The summed E-state index contributed by atoms with van der Waals surface area (Å²) in [7, 11) is 0. The highest BCUT2D eigenvalue weighted by molar-refractivity contribution is 8.15. The van der Waals surface area contributed by atoms with Crippen LogP contribution in [-0.4, -0.2) is 28.8 Å². The summed E-state index contributed by atoms with van der Waals surface area (Å²) in [6.07, 6.45) is 1.22. The zero-order valence-corrected chi connectivity index (χ0v) is 22.0. The summed E-state index contributed by atoms with van der Waals surface area (Å²) in [4.78, 5) is 36.9. The first-order valence-electron chi connectivity index (χ1n) is 12.2. The van der Waals surface area contributed by atoms with Crippen molar-refractivity contribution in [2.24, 2.45) is 0 Å². The zero-order chi connectivity index (χ0) is 25.8. The zero-order valence-electron chi connectivity index (χ0n) is 21.2. The molecule has 1 aliphatic rings. The standard InChI is InChI=1S/C30H32N2O3S/c1-18-7-5-8-19(2)25(18)27(26-20(3)9-6-10-21(26)4)29(34)31-16-15-22-11-13-23(14-12-22)17-24-28(33)32-30(35)36-24/h5-14,24,27H,15-17H2,1-4H3,(H,31,34)(H,32,33,35). The van der Waals surface area contributed by atoms with Crippen LogP contribution >= 0.6 is 11.8 Å². The molecule has 0 aromatic heterocycles. The summed E-state index contributed by atoms with van der Waals surface area (Å²) in [5, 5.41) is 4.87. The molecule has 36 heavy (non-hydrogen) atoms. The summed E-state index contributed by atoms with van der Waals surface area (Å²) in [6, 6.07) is 20.4.